The van der Waals surface area contributed by atoms with Crippen LogP contribution >= 0.6 is 32.9 Å². The van der Waals surface area contributed by atoms with Crippen molar-refractivity contribution < 1.29 is 17.7 Å². The quantitative estimate of drug-likeness (QED) is 0.331. The van der Waals surface area contributed by atoms with E-state index in [1.54, 1.807) is 6.07 Å². The van der Waals surface area contributed by atoms with Gasteiger partial charge in [0.05, 0.1) is 12.0 Å². The number of rotatable bonds is 2. The van der Waals surface area contributed by atoms with Gasteiger partial charge in [-0.1, -0.05) is 32.9 Å². The summed E-state index contributed by atoms with van der Waals surface area (Å²) >= 11 is 5.26. The molecule has 0 bridgehead atoms. The first-order chi connectivity index (χ1) is 8.91. The molecule has 1 aromatic carbocycles. The van der Waals surface area contributed by atoms with Gasteiger partial charge in [0.2, 0.25) is 0 Å². The molecule has 1 N–H and O–H groups in total. The van der Waals surface area contributed by atoms with E-state index in [0.717, 1.165) is 25.4 Å². The maximum absolute atomic E-state index is 11.4. The second kappa shape index (κ2) is 5.77. The van der Waals surface area contributed by atoms with E-state index in [1.807, 2.05) is 0 Å². The Bertz CT molecular complexity index is 835. The Labute approximate surface area is 150 Å². The topological polar surface area (TPSA) is 63.6 Å². The molecule has 0 saturated carbocycles. The number of benzene rings is 1. The van der Waals surface area contributed by atoms with Crippen molar-refractivity contribution in [3.63, 3.8) is 0 Å². The van der Waals surface area contributed by atoms with Crippen molar-refractivity contribution >= 4 is 72.6 Å². The van der Waals surface area contributed by atoms with Crippen LogP contribution in [0.25, 0.3) is 10.4 Å². The standard InChI is InChI=1S/C11H8O4S4.Na.H/c1-15-8-3-5-2-7-10(17-18-11(7)16)6(5)4-9(8)19(12,13)14;;/h3-4H,2H2,1H3,(H,12,13,14);;. The van der Waals surface area contributed by atoms with E-state index < -0.39 is 10.1 Å². The molecule has 20 heavy (non-hydrogen) atoms. The molecule has 1 aliphatic rings. The van der Waals surface area contributed by atoms with Crippen molar-refractivity contribution in [2.45, 2.75) is 11.3 Å². The third kappa shape index (κ3) is 2.64. The first kappa shape index (κ1) is 16.6. The SMILES string of the molecule is COc1cc2c(cc1S(=O)(=O)O)-c1ssc(=S)c1C2.[NaH]. The third-order valence-corrected chi connectivity index (χ3v) is 7.05. The van der Waals surface area contributed by atoms with Crippen LogP contribution in [0.3, 0.4) is 0 Å². The summed E-state index contributed by atoms with van der Waals surface area (Å²) in [6, 6.07) is 3.12. The number of methoxy groups -OCH3 is 1. The molecule has 1 aromatic heterocycles. The van der Waals surface area contributed by atoms with Gasteiger partial charge >= 0.3 is 29.6 Å². The van der Waals surface area contributed by atoms with Gasteiger partial charge in [0, 0.05) is 12.0 Å². The molecule has 0 radical (unpaired) electrons. The third-order valence-electron chi connectivity index (χ3n) is 3.00. The van der Waals surface area contributed by atoms with Crippen LogP contribution < -0.4 is 4.74 Å². The zero-order valence-electron chi connectivity index (χ0n) is 9.67. The Morgan fingerprint density at radius 1 is 1.35 bits per heavy atom. The summed E-state index contributed by atoms with van der Waals surface area (Å²) in [4.78, 5) is 0.795. The Hall–Kier alpha value is 0.200. The molecule has 0 atom stereocenters. The molecule has 0 spiro atoms. The van der Waals surface area contributed by atoms with E-state index in [0.29, 0.717) is 6.42 Å². The summed E-state index contributed by atoms with van der Waals surface area (Å²) in [6.45, 7) is 0. The van der Waals surface area contributed by atoms with Gasteiger partial charge < -0.3 is 4.74 Å². The summed E-state index contributed by atoms with van der Waals surface area (Å²) in [6.07, 6.45) is 0.686. The van der Waals surface area contributed by atoms with Gasteiger partial charge in [-0.15, -0.1) is 0 Å². The minimum atomic E-state index is -4.31. The van der Waals surface area contributed by atoms with Crippen molar-refractivity contribution in [3.8, 4) is 16.2 Å². The second-order valence-electron chi connectivity index (χ2n) is 4.07. The number of hydrogen-bond donors (Lipinski definition) is 1. The molecule has 9 heteroatoms. The van der Waals surface area contributed by atoms with Gasteiger partial charge in [0.25, 0.3) is 10.1 Å². The van der Waals surface area contributed by atoms with E-state index in [-0.39, 0.29) is 40.2 Å². The number of fused-ring (bicyclic) bond motifs is 3. The van der Waals surface area contributed by atoms with Crippen molar-refractivity contribution in [1.29, 1.82) is 0 Å². The van der Waals surface area contributed by atoms with E-state index >= 15 is 0 Å². The average molecular weight is 356 g/mol. The molecular weight excluding hydrogens is 347 g/mol. The van der Waals surface area contributed by atoms with Crippen molar-refractivity contribution in [3.05, 3.63) is 27.1 Å². The van der Waals surface area contributed by atoms with Gasteiger partial charge in [-0.25, -0.2) is 0 Å². The van der Waals surface area contributed by atoms with Crippen LogP contribution in [0.5, 0.6) is 5.75 Å². The van der Waals surface area contributed by atoms with Gasteiger partial charge in [0.15, 0.2) is 0 Å². The predicted molar refractivity (Wildman–Crippen MR) is 84.8 cm³/mol. The van der Waals surface area contributed by atoms with E-state index in [1.165, 1.54) is 33.9 Å². The molecule has 0 fully saturated rings. The Kier molecular flexibility index (Phi) is 4.78. The van der Waals surface area contributed by atoms with E-state index in [9.17, 15) is 13.0 Å². The van der Waals surface area contributed by atoms with Crippen molar-refractivity contribution in [2.24, 2.45) is 0 Å². The molecule has 0 saturated heterocycles. The molecule has 102 valence electrons. The van der Waals surface area contributed by atoms with Crippen LogP contribution in [0, 0.1) is 3.82 Å². The monoisotopic (exact) mass is 356 g/mol. The first-order valence-electron chi connectivity index (χ1n) is 5.22. The van der Waals surface area contributed by atoms with Gasteiger partial charge in [-0.2, -0.15) is 8.42 Å². The molecular formula is C11H9NaO4S4. The first-order valence-corrected chi connectivity index (χ1v) is 9.22. The fraction of sp³-hybridized carbons (Fsp3) is 0.182. The fourth-order valence-corrected chi connectivity index (χ4v) is 5.76. The summed E-state index contributed by atoms with van der Waals surface area (Å²) in [7, 11) is 0.112. The molecule has 3 rings (SSSR count). The van der Waals surface area contributed by atoms with E-state index in [2.05, 4.69) is 0 Å². The predicted octanol–water partition coefficient (Wildman–Crippen LogP) is 2.72. The Balaban J connectivity index is 0.00000147. The fourth-order valence-electron chi connectivity index (χ4n) is 2.14. The molecule has 2 aromatic rings. The number of hydrogen-bond acceptors (Lipinski definition) is 6. The summed E-state index contributed by atoms with van der Waals surface area (Å²) < 4.78 is 37.9. The van der Waals surface area contributed by atoms with Crippen LogP contribution in [-0.2, 0) is 16.5 Å². The summed E-state index contributed by atoms with van der Waals surface area (Å²) in [5, 5.41) is 0. The van der Waals surface area contributed by atoms with Crippen LogP contribution in [0.1, 0.15) is 11.1 Å². The molecule has 1 aliphatic carbocycles. The molecule has 0 unspecified atom stereocenters. The molecule has 4 nitrogen and oxygen atoms in total. The summed E-state index contributed by atoms with van der Waals surface area (Å²) in [5.74, 6) is 0.158. The molecule has 0 amide bonds. The van der Waals surface area contributed by atoms with Crippen LogP contribution in [-0.4, -0.2) is 49.6 Å². The Morgan fingerprint density at radius 2 is 2.05 bits per heavy atom. The van der Waals surface area contributed by atoms with E-state index in [4.69, 9.17) is 17.0 Å². The van der Waals surface area contributed by atoms with Crippen LogP contribution in [0.2, 0.25) is 0 Å². The van der Waals surface area contributed by atoms with Crippen LogP contribution in [0.4, 0.5) is 0 Å². The summed E-state index contributed by atoms with van der Waals surface area (Å²) in [5.41, 5.74) is 2.86. The van der Waals surface area contributed by atoms with Crippen molar-refractivity contribution in [2.75, 3.05) is 7.11 Å². The number of ether oxygens (including phenoxy) is 1. The molecule has 0 aliphatic heterocycles. The van der Waals surface area contributed by atoms with Gasteiger partial charge in [0.1, 0.15) is 14.5 Å². The second-order valence-corrected chi connectivity index (χ2v) is 8.28. The zero-order chi connectivity index (χ0) is 13.8. The normalized spacial score (nSPS) is 12.5. The Morgan fingerprint density at radius 3 is 2.65 bits per heavy atom. The van der Waals surface area contributed by atoms with Crippen LogP contribution in [0.15, 0.2) is 17.0 Å². The molecule has 1 heterocycles. The van der Waals surface area contributed by atoms with Crippen molar-refractivity contribution in [1.82, 2.24) is 0 Å². The minimum absolute atomic E-state index is 0. The van der Waals surface area contributed by atoms with Gasteiger partial charge in [-0.3, -0.25) is 4.55 Å². The maximum atomic E-state index is 11.4. The average Bonchev–Trinajstić information content (AvgIpc) is 2.86. The van der Waals surface area contributed by atoms with Gasteiger partial charge in [-0.05, 0) is 23.3 Å². The zero-order valence-corrected chi connectivity index (χ0v) is 12.9.